The minimum Gasteiger partial charge on any atom is -0.299 e. The Bertz CT molecular complexity index is 1070. The van der Waals surface area contributed by atoms with Gasteiger partial charge in [-0.15, -0.1) is 10.2 Å². The van der Waals surface area contributed by atoms with Crippen molar-refractivity contribution >= 4 is 32.4 Å². The number of aryl methyl sites for hydroxylation is 1. The SMILES string of the molecule is Cc1nnc(NC(=O)C(Cc2ccccc2)NS(=O)(=O)c2ccccc2F)s1. The number of carbonyl (C=O) groups is 1. The molecule has 3 aromatic rings. The van der Waals surface area contributed by atoms with Crippen LogP contribution in [-0.2, 0) is 21.2 Å². The van der Waals surface area contributed by atoms with Gasteiger partial charge in [0.2, 0.25) is 21.1 Å². The topological polar surface area (TPSA) is 101 Å². The van der Waals surface area contributed by atoms with Crippen LogP contribution >= 0.6 is 11.3 Å². The summed E-state index contributed by atoms with van der Waals surface area (Å²) in [4.78, 5) is 12.2. The first-order valence-corrected chi connectivity index (χ1v) is 10.6. The van der Waals surface area contributed by atoms with Gasteiger partial charge in [0, 0.05) is 0 Å². The van der Waals surface area contributed by atoms with E-state index in [4.69, 9.17) is 0 Å². The van der Waals surface area contributed by atoms with E-state index in [1.807, 2.05) is 6.07 Å². The van der Waals surface area contributed by atoms with Crippen molar-refractivity contribution in [3.05, 3.63) is 71.0 Å². The Kier molecular flexibility index (Phi) is 6.12. The lowest BCUT2D eigenvalue weighted by molar-refractivity contribution is -0.117. The molecule has 1 aromatic heterocycles. The molecule has 3 rings (SSSR count). The highest BCUT2D eigenvalue weighted by Gasteiger charge is 2.28. The number of hydrogen-bond donors (Lipinski definition) is 2. The maximum atomic E-state index is 14.0. The molecule has 28 heavy (non-hydrogen) atoms. The summed E-state index contributed by atoms with van der Waals surface area (Å²) in [5.41, 5.74) is 0.743. The van der Waals surface area contributed by atoms with Crippen LogP contribution < -0.4 is 10.0 Å². The minimum absolute atomic E-state index is 0.0815. The highest BCUT2D eigenvalue weighted by atomic mass is 32.2. The third-order valence-corrected chi connectivity index (χ3v) is 6.04. The van der Waals surface area contributed by atoms with Gasteiger partial charge in [0.15, 0.2) is 0 Å². The van der Waals surface area contributed by atoms with Gasteiger partial charge in [-0.1, -0.05) is 53.8 Å². The Morgan fingerprint density at radius 3 is 2.43 bits per heavy atom. The maximum Gasteiger partial charge on any atom is 0.244 e. The smallest absolute Gasteiger partial charge is 0.244 e. The van der Waals surface area contributed by atoms with Crippen molar-refractivity contribution in [1.29, 1.82) is 0 Å². The van der Waals surface area contributed by atoms with Gasteiger partial charge >= 0.3 is 0 Å². The van der Waals surface area contributed by atoms with E-state index in [1.165, 1.54) is 23.5 Å². The first kappa shape index (κ1) is 20.1. The van der Waals surface area contributed by atoms with E-state index in [9.17, 15) is 17.6 Å². The molecule has 0 bridgehead atoms. The van der Waals surface area contributed by atoms with Gasteiger partial charge in [-0.05, 0) is 31.0 Å². The molecule has 1 atom stereocenters. The van der Waals surface area contributed by atoms with Crippen molar-refractivity contribution < 1.29 is 17.6 Å². The van der Waals surface area contributed by atoms with E-state index in [-0.39, 0.29) is 11.6 Å². The molecule has 10 heteroatoms. The summed E-state index contributed by atoms with van der Waals surface area (Å²) in [7, 11) is -4.26. The number of rotatable bonds is 7. The fourth-order valence-corrected chi connectivity index (χ4v) is 4.36. The van der Waals surface area contributed by atoms with Gasteiger partial charge in [0.05, 0.1) is 0 Å². The molecule has 0 aliphatic rings. The highest BCUT2D eigenvalue weighted by Crippen LogP contribution is 2.17. The van der Waals surface area contributed by atoms with Crippen molar-refractivity contribution in [1.82, 2.24) is 14.9 Å². The second-order valence-electron chi connectivity index (χ2n) is 5.91. The molecule has 2 N–H and O–H groups in total. The quantitative estimate of drug-likeness (QED) is 0.612. The van der Waals surface area contributed by atoms with Crippen molar-refractivity contribution in [3.8, 4) is 0 Å². The standard InChI is InChI=1S/C18H17FN4O3S2/c1-12-21-22-18(27-12)20-17(24)15(11-13-7-3-2-4-8-13)23-28(25,26)16-10-6-5-9-14(16)19/h2-10,15,23H,11H2,1H3,(H,20,22,24). The molecule has 0 saturated heterocycles. The van der Waals surface area contributed by atoms with E-state index < -0.39 is 32.7 Å². The van der Waals surface area contributed by atoms with Gasteiger partial charge in [0.25, 0.3) is 0 Å². The summed E-state index contributed by atoms with van der Waals surface area (Å²) in [6, 6.07) is 12.7. The predicted molar refractivity (Wildman–Crippen MR) is 104 cm³/mol. The number of halogens is 1. The maximum absolute atomic E-state index is 14.0. The second-order valence-corrected chi connectivity index (χ2v) is 8.77. The number of hydrogen-bond acceptors (Lipinski definition) is 6. The summed E-state index contributed by atoms with van der Waals surface area (Å²) < 4.78 is 41.6. The highest BCUT2D eigenvalue weighted by molar-refractivity contribution is 7.89. The Labute approximate surface area is 165 Å². The predicted octanol–water partition coefficient (Wildman–Crippen LogP) is 2.51. The van der Waals surface area contributed by atoms with Gasteiger partial charge < -0.3 is 0 Å². The largest absolute Gasteiger partial charge is 0.299 e. The summed E-state index contributed by atoms with van der Waals surface area (Å²) in [6.07, 6.45) is 0.0815. The molecule has 1 unspecified atom stereocenters. The molecule has 1 amide bonds. The van der Waals surface area contributed by atoms with Gasteiger partial charge in [-0.25, -0.2) is 12.8 Å². The van der Waals surface area contributed by atoms with E-state index >= 15 is 0 Å². The summed E-state index contributed by atoms with van der Waals surface area (Å²) in [5.74, 6) is -1.51. The lowest BCUT2D eigenvalue weighted by Crippen LogP contribution is -2.45. The third kappa shape index (κ3) is 4.97. The Hall–Kier alpha value is -2.69. The summed E-state index contributed by atoms with van der Waals surface area (Å²) in [5, 5.41) is 11.1. The molecule has 146 valence electrons. The fraction of sp³-hybridized carbons (Fsp3) is 0.167. The average Bonchev–Trinajstić information content (AvgIpc) is 3.07. The zero-order chi connectivity index (χ0) is 20.1. The lowest BCUT2D eigenvalue weighted by Gasteiger charge is -2.18. The number of anilines is 1. The Morgan fingerprint density at radius 1 is 1.11 bits per heavy atom. The molecule has 2 aromatic carbocycles. The fourth-order valence-electron chi connectivity index (χ4n) is 2.49. The van der Waals surface area contributed by atoms with Gasteiger partial charge in [-0.3, -0.25) is 10.1 Å². The molecule has 0 aliphatic heterocycles. The lowest BCUT2D eigenvalue weighted by atomic mass is 10.1. The first-order chi connectivity index (χ1) is 13.3. The molecule has 1 heterocycles. The molecular weight excluding hydrogens is 403 g/mol. The van der Waals surface area contributed by atoms with E-state index in [1.54, 1.807) is 31.2 Å². The third-order valence-electron chi connectivity index (χ3n) is 3.78. The van der Waals surface area contributed by atoms with Gasteiger partial charge in [0.1, 0.15) is 21.8 Å². The van der Waals surface area contributed by atoms with E-state index in [0.717, 1.165) is 17.7 Å². The molecule has 0 aliphatic carbocycles. The zero-order valence-electron chi connectivity index (χ0n) is 14.8. The van der Waals surface area contributed by atoms with E-state index in [2.05, 4.69) is 20.2 Å². The van der Waals surface area contributed by atoms with Crippen LogP contribution in [0.3, 0.4) is 0 Å². The number of nitrogens with one attached hydrogen (secondary N) is 2. The molecule has 0 saturated carbocycles. The van der Waals surface area contributed by atoms with Crippen LogP contribution in [0.2, 0.25) is 0 Å². The molecule has 0 fully saturated rings. The Balaban J connectivity index is 1.87. The summed E-state index contributed by atoms with van der Waals surface area (Å²) in [6.45, 7) is 1.73. The zero-order valence-corrected chi connectivity index (χ0v) is 16.4. The van der Waals surface area contributed by atoms with Crippen LogP contribution in [0.4, 0.5) is 9.52 Å². The summed E-state index contributed by atoms with van der Waals surface area (Å²) >= 11 is 1.17. The molecular formula is C18H17FN4O3S2. The molecule has 7 nitrogen and oxygen atoms in total. The van der Waals surface area contributed by atoms with Crippen molar-refractivity contribution in [2.45, 2.75) is 24.3 Å². The molecule has 0 spiro atoms. The van der Waals surface area contributed by atoms with Crippen LogP contribution in [0.15, 0.2) is 59.5 Å². The van der Waals surface area contributed by atoms with Crippen LogP contribution in [0.5, 0.6) is 0 Å². The normalized spacial score (nSPS) is 12.5. The van der Waals surface area contributed by atoms with Crippen molar-refractivity contribution in [2.75, 3.05) is 5.32 Å². The number of sulfonamides is 1. The van der Waals surface area contributed by atoms with Crippen molar-refractivity contribution in [2.24, 2.45) is 0 Å². The van der Waals surface area contributed by atoms with Crippen molar-refractivity contribution in [3.63, 3.8) is 0 Å². The Morgan fingerprint density at radius 2 is 1.79 bits per heavy atom. The number of carbonyl (C=O) groups excluding carboxylic acids is 1. The number of nitrogens with zero attached hydrogens (tertiary/aromatic N) is 2. The first-order valence-electron chi connectivity index (χ1n) is 8.27. The average molecular weight is 420 g/mol. The number of amides is 1. The monoisotopic (exact) mass is 420 g/mol. The van der Waals surface area contributed by atoms with Crippen LogP contribution in [0.25, 0.3) is 0 Å². The van der Waals surface area contributed by atoms with Crippen LogP contribution in [-0.4, -0.2) is 30.6 Å². The molecule has 0 radical (unpaired) electrons. The van der Waals surface area contributed by atoms with E-state index in [0.29, 0.717) is 5.01 Å². The van der Waals surface area contributed by atoms with Crippen LogP contribution in [0.1, 0.15) is 10.6 Å². The van der Waals surface area contributed by atoms with Gasteiger partial charge in [-0.2, -0.15) is 4.72 Å². The number of benzene rings is 2. The second kappa shape index (κ2) is 8.55. The number of aromatic nitrogens is 2. The minimum atomic E-state index is -4.26. The van der Waals surface area contributed by atoms with Crippen LogP contribution in [0, 0.1) is 12.7 Å².